The Balaban J connectivity index is 1.79. The van der Waals surface area contributed by atoms with Crippen LogP contribution in [0.4, 0.5) is 0 Å². The lowest BCUT2D eigenvalue weighted by Crippen LogP contribution is -2.33. The van der Waals surface area contributed by atoms with Crippen LogP contribution >= 0.6 is 0 Å². The smallest absolute Gasteiger partial charge is 0.251 e. The average Bonchev–Trinajstić information content (AvgIpc) is 2.66. The summed E-state index contributed by atoms with van der Waals surface area (Å²) in [6.45, 7) is 1.15. The van der Waals surface area contributed by atoms with Gasteiger partial charge in [0.1, 0.15) is 6.54 Å². The molecule has 2 rings (SSSR count). The number of amides is 1. The Morgan fingerprint density at radius 1 is 1.14 bits per heavy atom. The minimum atomic E-state index is -3.68. The van der Waals surface area contributed by atoms with Gasteiger partial charge >= 0.3 is 0 Å². The largest absolute Gasteiger partial charge is 0.377 e. The second-order valence-electron chi connectivity index (χ2n) is 6.36. The van der Waals surface area contributed by atoms with Crippen molar-refractivity contribution in [2.75, 3.05) is 27.2 Å². The summed E-state index contributed by atoms with van der Waals surface area (Å²) in [7, 11) is -0.876. The lowest BCUT2D eigenvalue weighted by Gasteiger charge is -2.13. The van der Waals surface area contributed by atoms with Gasteiger partial charge in [-0.1, -0.05) is 30.3 Å². The van der Waals surface area contributed by atoms with Crippen LogP contribution in [-0.2, 0) is 32.7 Å². The maximum atomic E-state index is 12.2. The van der Waals surface area contributed by atoms with Gasteiger partial charge in [-0.25, -0.2) is 12.7 Å². The maximum Gasteiger partial charge on any atom is 0.251 e. The Morgan fingerprint density at radius 2 is 1.86 bits per heavy atom. The third-order valence-electron chi connectivity index (χ3n) is 3.95. The zero-order valence-corrected chi connectivity index (χ0v) is 16.8. The number of rotatable bonds is 10. The molecular weight excluding hydrogens is 382 g/mol. The number of nitrogens with one attached hydrogen (secondary N) is 1. The summed E-state index contributed by atoms with van der Waals surface area (Å²) >= 11 is 0. The highest BCUT2D eigenvalue weighted by molar-refractivity contribution is 7.89. The number of aromatic nitrogens is 1. The first-order valence-electron chi connectivity index (χ1n) is 8.82. The molecule has 1 heterocycles. The zero-order chi connectivity index (χ0) is 20.6. The Hall–Kier alpha value is -2.49. The number of hydrogen-bond acceptors (Lipinski definition) is 5. The van der Waals surface area contributed by atoms with Crippen LogP contribution in [0.3, 0.4) is 0 Å². The summed E-state index contributed by atoms with van der Waals surface area (Å²) in [5.74, 6) is -0.371. The lowest BCUT2D eigenvalue weighted by molar-refractivity contribution is -0.121. The predicted molar refractivity (Wildman–Crippen MR) is 105 cm³/mol. The Kier molecular flexibility index (Phi) is 7.91. The summed E-state index contributed by atoms with van der Waals surface area (Å²) < 4.78 is 32.0. The van der Waals surface area contributed by atoms with E-state index in [1.807, 2.05) is 30.3 Å². The van der Waals surface area contributed by atoms with E-state index < -0.39 is 15.6 Å². The van der Waals surface area contributed by atoms with Gasteiger partial charge in [0.2, 0.25) is 15.9 Å². The minimum Gasteiger partial charge on any atom is -0.377 e. The van der Waals surface area contributed by atoms with Crippen LogP contribution < -0.4 is 10.9 Å². The molecule has 152 valence electrons. The molecule has 0 aliphatic heterocycles. The number of hydrogen-bond donors (Lipinski definition) is 1. The number of nitrogens with zero attached hydrogens (tertiary/aromatic N) is 2. The molecule has 1 amide bonds. The van der Waals surface area contributed by atoms with Crippen molar-refractivity contribution in [3.05, 3.63) is 64.6 Å². The van der Waals surface area contributed by atoms with Crippen molar-refractivity contribution in [3.63, 3.8) is 0 Å². The molecule has 0 spiro atoms. The molecule has 0 atom stereocenters. The molecular formula is C19H25N3O5S. The highest BCUT2D eigenvalue weighted by Gasteiger charge is 2.18. The molecule has 0 unspecified atom stereocenters. The van der Waals surface area contributed by atoms with E-state index in [0.29, 0.717) is 26.2 Å². The fourth-order valence-corrected chi connectivity index (χ4v) is 3.30. The van der Waals surface area contributed by atoms with Gasteiger partial charge in [-0.2, -0.15) is 0 Å². The Morgan fingerprint density at radius 3 is 2.54 bits per heavy atom. The summed E-state index contributed by atoms with van der Waals surface area (Å²) in [5.41, 5.74) is 0.637. The van der Waals surface area contributed by atoms with Crippen molar-refractivity contribution in [1.82, 2.24) is 14.2 Å². The van der Waals surface area contributed by atoms with E-state index in [2.05, 4.69) is 5.32 Å². The molecule has 2 aromatic rings. The SMILES string of the molecule is CN(C)S(=O)(=O)c1ccc(=O)n(CC(=O)NCCCOCc2ccccc2)c1. The van der Waals surface area contributed by atoms with Crippen LogP contribution in [0.1, 0.15) is 12.0 Å². The van der Waals surface area contributed by atoms with Gasteiger partial charge in [0.05, 0.1) is 11.5 Å². The van der Waals surface area contributed by atoms with Gasteiger partial charge in [-0.3, -0.25) is 9.59 Å². The predicted octanol–water partition coefficient (Wildman–Crippen LogP) is 0.822. The van der Waals surface area contributed by atoms with Crippen LogP contribution in [0.15, 0.2) is 58.4 Å². The molecule has 0 aliphatic carbocycles. The highest BCUT2D eigenvalue weighted by atomic mass is 32.2. The quantitative estimate of drug-likeness (QED) is 0.588. The Labute approximate surface area is 164 Å². The Bertz CT molecular complexity index is 940. The monoisotopic (exact) mass is 407 g/mol. The van der Waals surface area contributed by atoms with Gasteiger partial charge in [0, 0.05) is 39.5 Å². The van der Waals surface area contributed by atoms with E-state index in [4.69, 9.17) is 4.74 Å². The fraction of sp³-hybridized carbons (Fsp3) is 0.368. The first kappa shape index (κ1) is 21.8. The first-order chi connectivity index (χ1) is 13.3. The van der Waals surface area contributed by atoms with Crippen molar-refractivity contribution in [2.24, 2.45) is 0 Å². The third-order valence-corrected chi connectivity index (χ3v) is 5.75. The molecule has 0 fully saturated rings. The number of pyridine rings is 1. The number of benzene rings is 1. The highest BCUT2D eigenvalue weighted by Crippen LogP contribution is 2.10. The van der Waals surface area contributed by atoms with Crippen LogP contribution in [0.25, 0.3) is 0 Å². The van der Waals surface area contributed by atoms with E-state index in [0.717, 1.165) is 20.5 Å². The molecule has 28 heavy (non-hydrogen) atoms. The van der Waals surface area contributed by atoms with Gasteiger partial charge in [0.15, 0.2) is 0 Å². The number of ether oxygens (including phenoxy) is 1. The van der Waals surface area contributed by atoms with Gasteiger partial charge in [0.25, 0.3) is 5.56 Å². The molecule has 1 aromatic carbocycles. The molecule has 0 saturated carbocycles. The molecule has 0 aliphatic rings. The lowest BCUT2D eigenvalue weighted by atomic mass is 10.2. The van der Waals surface area contributed by atoms with E-state index in [1.54, 1.807) is 0 Å². The fourth-order valence-electron chi connectivity index (χ4n) is 2.37. The molecule has 1 aromatic heterocycles. The molecule has 1 N–H and O–H groups in total. The van der Waals surface area contributed by atoms with E-state index in [1.165, 1.54) is 26.4 Å². The van der Waals surface area contributed by atoms with E-state index in [-0.39, 0.29) is 17.3 Å². The van der Waals surface area contributed by atoms with Crippen molar-refractivity contribution in [2.45, 2.75) is 24.5 Å². The topological polar surface area (TPSA) is 97.7 Å². The van der Waals surface area contributed by atoms with Gasteiger partial charge in [-0.05, 0) is 18.1 Å². The summed E-state index contributed by atoms with van der Waals surface area (Å²) in [6, 6.07) is 12.2. The van der Waals surface area contributed by atoms with Crippen LogP contribution in [0.2, 0.25) is 0 Å². The zero-order valence-electron chi connectivity index (χ0n) is 16.0. The van der Waals surface area contributed by atoms with Crippen molar-refractivity contribution >= 4 is 15.9 Å². The minimum absolute atomic E-state index is 0.0424. The van der Waals surface area contributed by atoms with Crippen LogP contribution in [0, 0.1) is 0 Å². The van der Waals surface area contributed by atoms with Crippen LogP contribution in [0.5, 0.6) is 0 Å². The van der Waals surface area contributed by atoms with E-state index >= 15 is 0 Å². The van der Waals surface area contributed by atoms with Crippen molar-refractivity contribution < 1.29 is 17.9 Å². The summed E-state index contributed by atoms with van der Waals surface area (Å²) in [5, 5.41) is 2.70. The second-order valence-corrected chi connectivity index (χ2v) is 8.51. The van der Waals surface area contributed by atoms with Gasteiger partial charge in [-0.15, -0.1) is 0 Å². The van der Waals surface area contributed by atoms with Crippen LogP contribution in [-0.4, -0.2) is 50.4 Å². The molecule has 8 nitrogen and oxygen atoms in total. The molecule has 0 saturated heterocycles. The second kappa shape index (κ2) is 10.2. The molecule has 0 radical (unpaired) electrons. The van der Waals surface area contributed by atoms with Crippen molar-refractivity contribution in [1.29, 1.82) is 0 Å². The molecule has 0 bridgehead atoms. The standard InChI is InChI=1S/C19H25N3O5S/c1-21(2)28(25,26)17-9-10-19(24)22(13-17)14-18(23)20-11-6-12-27-15-16-7-4-3-5-8-16/h3-5,7-10,13H,6,11-12,14-15H2,1-2H3,(H,20,23). The third kappa shape index (κ3) is 6.29. The summed E-state index contributed by atoms with van der Waals surface area (Å²) in [6.07, 6.45) is 1.81. The number of carbonyl (C=O) groups is 1. The maximum absolute atomic E-state index is 12.2. The average molecular weight is 407 g/mol. The van der Waals surface area contributed by atoms with E-state index in [9.17, 15) is 18.0 Å². The van der Waals surface area contributed by atoms with Crippen molar-refractivity contribution in [3.8, 4) is 0 Å². The number of carbonyl (C=O) groups excluding carboxylic acids is 1. The first-order valence-corrected chi connectivity index (χ1v) is 10.3. The number of sulfonamides is 1. The normalized spacial score (nSPS) is 11.5. The molecule has 9 heteroatoms. The summed E-state index contributed by atoms with van der Waals surface area (Å²) in [4.78, 5) is 23.9. The van der Waals surface area contributed by atoms with Gasteiger partial charge < -0.3 is 14.6 Å².